The van der Waals surface area contributed by atoms with Crippen LogP contribution in [0.4, 0.5) is 0 Å². The van der Waals surface area contributed by atoms with Crippen LogP contribution in [0.1, 0.15) is 85.5 Å². The van der Waals surface area contributed by atoms with Crippen molar-refractivity contribution in [1.82, 2.24) is 0 Å². The SMILES string of the molecule is CC(CCC(O)C(C)(O)CO)C1CC(OS(=O)(=O)O)C2(O)C1(C)CCC1C3(C)CCC(O)CC3C(O)CC12O. The molecular weight excluding hydrogens is 532 g/mol. The minimum Gasteiger partial charge on any atom is -0.393 e. The van der Waals surface area contributed by atoms with Gasteiger partial charge in [-0.05, 0) is 87.4 Å². The Balaban J connectivity index is 1.73. The normalized spacial score (nSPS) is 49.3. The Kier molecular flexibility index (Phi) is 8.16. The van der Waals surface area contributed by atoms with E-state index in [2.05, 4.69) is 0 Å². The zero-order valence-electron chi connectivity index (χ0n) is 23.4. The molecule has 4 saturated carbocycles. The van der Waals surface area contributed by atoms with Crippen molar-refractivity contribution in [2.45, 2.75) is 127 Å². The number of aliphatic hydroxyl groups is 7. The van der Waals surface area contributed by atoms with Gasteiger partial charge in [-0.1, -0.05) is 20.8 Å². The maximum absolute atomic E-state index is 12.7. The Morgan fingerprint density at radius 3 is 2.31 bits per heavy atom. The third kappa shape index (κ3) is 4.80. The summed E-state index contributed by atoms with van der Waals surface area (Å²) in [6, 6.07) is 0. The van der Waals surface area contributed by atoms with Crippen LogP contribution in [0.2, 0.25) is 0 Å². The fourth-order valence-electron chi connectivity index (χ4n) is 9.57. The molecular formula is C27H48O11S. The van der Waals surface area contributed by atoms with E-state index in [1.54, 1.807) is 6.92 Å². The zero-order valence-corrected chi connectivity index (χ0v) is 24.2. The molecule has 0 aromatic carbocycles. The molecule has 228 valence electrons. The molecule has 0 aromatic rings. The maximum atomic E-state index is 12.7. The molecule has 0 amide bonds. The molecule has 13 atom stereocenters. The van der Waals surface area contributed by atoms with Crippen molar-refractivity contribution in [3.63, 3.8) is 0 Å². The molecule has 12 heteroatoms. The fourth-order valence-corrected chi connectivity index (χ4v) is 10.1. The molecule has 0 bridgehead atoms. The van der Waals surface area contributed by atoms with Crippen LogP contribution in [0, 0.1) is 34.5 Å². The Morgan fingerprint density at radius 2 is 1.72 bits per heavy atom. The van der Waals surface area contributed by atoms with Crippen LogP contribution in [-0.2, 0) is 14.6 Å². The minimum absolute atomic E-state index is 0.00439. The van der Waals surface area contributed by atoms with Crippen LogP contribution in [0.25, 0.3) is 0 Å². The number of rotatable bonds is 8. The highest BCUT2D eigenvalue weighted by atomic mass is 32.3. The van der Waals surface area contributed by atoms with Crippen LogP contribution < -0.4 is 0 Å². The Labute approximate surface area is 231 Å². The van der Waals surface area contributed by atoms with Gasteiger partial charge in [-0.2, -0.15) is 8.42 Å². The number of fused-ring (bicyclic) bond motifs is 5. The molecule has 4 aliphatic carbocycles. The lowest BCUT2D eigenvalue weighted by atomic mass is 9.40. The van der Waals surface area contributed by atoms with Gasteiger partial charge in [0.1, 0.15) is 22.9 Å². The lowest BCUT2D eigenvalue weighted by Crippen LogP contribution is -2.77. The highest BCUT2D eigenvalue weighted by Crippen LogP contribution is 2.71. The summed E-state index contributed by atoms with van der Waals surface area (Å²) < 4.78 is 38.8. The van der Waals surface area contributed by atoms with Crippen molar-refractivity contribution in [2.75, 3.05) is 6.61 Å². The second-order valence-electron chi connectivity index (χ2n) is 14.0. The summed E-state index contributed by atoms with van der Waals surface area (Å²) in [4.78, 5) is 0. The summed E-state index contributed by atoms with van der Waals surface area (Å²) in [6.07, 6.45) is -1.68. The molecule has 0 aromatic heterocycles. The fraction of sp³-hybridized carbons (Fsp3) is 1.00. The smallest absolute Gasteiger partial charge is 0.393 e. The van der Waals surface area contributed by atoms with Gasteiger partial charge in [-0.15, -0.1) is 0 Å². The quantitative estimate of drug-likeness (QED) is 0.186. The van der Waals surface area contributed by atoms with Gasteiger partial charge in [0.2, 0.25) is 0 Å². The van der Waals surface area contributed by atoms with E-state index in [0.29, 0.717) is 38.5 Å². The van der Waals surface area contributed by atoms with Crippen molar-refractivity contribution < 1.29 is 52.9 Å². The summed E-state index contributed by atoms with van der Waals surface area (Å²) in [6.45, 7) is 6.36. The van der Waals surface area contributed by atoms with Crippen molar-refractivity contribution in [3.05, 3.63) is 0 Å². The second-order valence-corrected chi connectivity index (χ2v) is 15.0. The van der Waals surface area contributed by atoms with Crippen molar-refractivity contribution in [1.29, 1.82) is 0 Å². The van der Waals surface area contributed by atoms with Gasteiger partial charge >= 0.3 is 10.4 Å². The first kappa shape index (κ1) is 31.5. The van der Waals surface area contributed by atoms with E-state index < -0.39 is 80.9 Å². The first-order chi connectivity index (χ1) is 17.8. The van der Waals surface area contributed by atoms with Gasteiger partial charge in [-0.25, -0.2) is 4.18 Å². The van der Waals surface area contributed by atoms with E-state index in [9.17, 15) is 48.7 Å². The topological polar surface area (TPSA) is 205 Å². The molecule has 0 radical (unpaired) electrons. The molecule has 0 saturated heterocycles. The van der Waals surface area contributed by atoms with E-state index in [0.717, 1.165) is 0 Å². The van der Waals surface area contributed by atoms with E-state index in [4.69, 9.17) is 4.18 Å². The molecule has 4 fully saturated rings. The van der Waals surface area contributed by atoms with Crippen LogP contribution in [0.3, 0.4) is 0 Å². The van der Waals surface area contributed by atoms with Crippen LogP contribution >= 0.6 is 0 Å². The third-order valence-corrected chi connectivity index (χ3v) is 12.3. The Hall–Kier alpha value is -0.410. The predicted molar refractivity (Wildman–Crippen MR) is 139 cm³/mol. The lowest BCUT2D eigenvalue weighted by molar-refractivity contribution is -0.328. The molecule has 0 spiro atoms. The predicted octanol–water partition coefficient (Wildman–Crippen LogP) is 0.525. The molecule has 4 rings (SSSR count). The highest BCUT2D eigenvalue weighted by molar-refractivity contribution is 7.80. The maximum Gasteiger partial charge on any atom is 0.397 e. The van der Waals surface area contributed by atoms with Crippen LogP contribution in [-0.4, -0.2) is 96.5 Å². The van der Waals surface area contributed by atoms with Crippen LogP contribution in [0.5, 0.6) is 0 Å². The standard InChI is InChI=1S/C27H48O11S/c1-15(5-6-21(31)25(4,32)14-28)17-12-22(38-39(35,36)37)27(34)24(17,3)10-8-20-23(2)9-7-16(29)11-18(23)19(30)13-26(20,27)33/h15-22,28-34H,5-14H2,1-4H3,(H,35,36,37). The summed E-state index contributed by atoms with van der Waals surface area (Å²) in [5.74, 6) is -1.44. The van der Waals surface area contributed by atoms with Gasteiger partial charge in [0.15, 0.2) is 0 Å². The molecule has 13 unspecified atom stereocenters. The van der Waals surface area contributed by atoms with Crippen molar-refractivity contribution >= 4 is 10.4 Å². The largest absolute Gasteiger partial charge is 0.397 e. The van der Waals surface area contributed by atoms with Crippen LogP contribution in [0.15, 0.2) is 0 Å². The van der Waals surface area contributed by atoms with E-state index in [1.165, 1.54) is 6.92 Å². The molecule has 39 heavy (non-hydrogen) atoms. The minimum atomic E-state index is -5.01. The highest BCUT2D eigenvalue weighted by Gasteiger charge is 2.79. The molecule has 8 N–H and O–H groups in total. The number of hydrogen-bond acceptors (Lipinski definition) is 10. The first-order valence-corrected chi connectivity index (χ1v) is 15.6. The molecule has 0 heterocycles. The van der Waals surface area contributed by atoms with Crippen molar-refractivity contribution in [2.24, 2.45) is 34.5 Å². The Morgan fingerprint density at radius 1 is 1.08 bits per heavy atom. The van der Waals surface area contributed by atoms with E-state index in [-0.39, 0.29) is 31.1 Å². The third-order valence-electron chi connectivity index (χ3n) is 11.8. The van der Waals surface area contributed by atoms with E-state index >= 15 is 0 Å². The average molecular weight is 581 g/mol. The summed E-state index contributed by atoms with van der Waals surface area (Å²) in [5, 5.41) is 76.8. The molecule has 4 aliphatic rings. The summed E-state index contributed by atoms with van der Waals surface area (Å²) in [5.41, 5.74) is -7.46. The first-order valence-electron chi connectivity index (χ1n) is 14.2. The van der Waals surface area contributed by atoms with Gasteiger partial charge in [0.25, 0.3) is 0 Å². The summed E-state index contributed by atoms with van der Waals surface area (Å²) >= 11 is 0. The number of hydrogen-bond donors (Lipinski definition) is 8. The van der Waals surface area contributed by atoms with E-state index in [1.807, 2.05) is 13.8 Å². The van der Waals surface area contributed by atoms with Gasteiger partial charge in [0.05, 0.1) is 24.9 Å². The van der Waals surface area contributed by atoms with Gasteiger partial charge < -0.3 is 35.7 Å². The second kappa shape index (κ2) is 10.1. The monoisotopic (exact) mass is 580 g/mol. The lowest BCUT2D eigenvalue weighted by Gasteiger charge is -2.68. The Bertz CT molecular complexity index is 1020. The van der Waals surface area contributed by atoms with Crippen molar-refractivity contribution in [3.8, 4) is 0 Å². The average Bonchev–Trinajstić information content (AvgIpc) is 3.05. The molecule has 11 nitrogen and oxygen atoms in total. The van der Waals surface area contributed by atoms with Gasteiger partial charge in [0, 0.05) is 11.8 Å². The molecule has 0 aliphatic heterocycles. The van der Waals surface area contributed by atoms with Gasteiger partial charge in [-0.3, -0.25) is 4.55 Å². The zero-order chi connectivity index (χ0) is 29.4. The summed E-state index contributed by atoms with van der Waals surface area (Å²) in [7, 11) is -5.01. The number of aliphatic hydroxyl groups excluding tert-OH is 4.